The van der Waals surface area contributed by atoms with E-state index in [1.54, 1.807) is 19.2 Å². The molecule has 29 heavy (non-hydrogen) atoms. The maximum atomic E-state index is 12.8. The summed E-state index contributed by atoms with van der Waals surface area (Å²) in [5.41, 5.74) is 0.626. The lowest BCUT2D eigenvalue weighted by atomic mass is 10.1. The highest BCUT2D eigenvalue weighted by Gasteiger charge is 2.31. The molecular formula is C21H32F2N4O2. The van der Waals surface area contributed by atoms with Crippen LogP contribution in [-0.2, 0) is 6.54 Å². The third kappa shape index (κ3) is 6.73. The van der Waals surface area contributed by atoms with Crippen molar-refractivity contribution in [2.24, 2.45) is 4.99 Å². The van der Waals surface area contributed by atoms with Gasteiger partial charge in [0.05, 0.1) is 6.61 Å². The van der Waals surface area contributed by atoms with Gasteiger partial charge in [0.1, 0.15) is 11.5 Å². The van der Waals surface area contributed by atoms with E-state index < -0.39 is 6.61 Å². The number of rotatable bonds is 9. The van der Waals surface area contributed by atoms with Gasteiger partial charge in [-0.3, -0.25) is 4.99 Å². The van der Waals surface area contributed by atoms with E-state index in [9.17, 15) is 8.78 Å². The van der Waals surface area contributed by atoms with E-state index in [2.05, 4.69) is 20.5 Å². The van der Waals surface area contributed by atoms with Crippen LogP contribution in [0.2, 0.25) is 0 Å². The van der Waals surface area contributed by atoms with Crippen LogP contribution in [0.1, 0.15) is 44.6 Å². The summed E-state index contributed by atoms with van der Waals surface area (Å²) < 4.78 is 35.9. The highest BCUT2D eigenvalue weighted by atomic mass is 19.3. The highest BCUT2D eigenvalue weighted by molar-refractivity contribution is 5.80. The summed E-state index contributed by atoms with van der Waals surface area (Å²) in [5, 5.41) is 6.67. The average molecular weight is 411 g/mol. The quantitative estimate of drug-likeness (QED) is 0.483. The Kier molecular flexibility index (Phi) is 7.91. The van der Waals surface area contributed by atoms with Crippen molar-refractivity contribution in [1.29, 1.82) is 0 Å². The predicted molar refractivity (Wildman–Crippen MR) is 110 cm³/mol. The van der Waals surface area contributed by atoms with Crippen LogP contribution in [0.15, 0.2) is 23.2 Å². The number of ether oxygens (including phenoxy) is 2. The lowest BCUT2D eigenvalue weighted by molar-refractivity contribution is -0.0505. The number of nitrogens with zero attached hydrogens (tertiary/aromatic N) is 2. The standard InChI is InChI=1S/C21H32F2N4O2/c1-3-12-28-18-7-4-15(19(13-18)29-20(22)23)14-25-21(24-2)26-16-8-10-27(11-9-16)17-5-6-17/h4,7,13,16-17,20H,3,5-6,8-12,14H2,1-2H3,(H2,24,25,26). The third-order valence-corrected chi connectivity index (χ3v) is 5.33. The molecule has 8 heteroatoms. The number of halogens is 2. The fourth-order valence-corrected chi connectivity index (χ4v) is 3.61. The molecule has 1 aromatic carbocycles. The fraction of sp³-hybridized carbons (Fsp3) is 0.667. The number of benzene rings is 1. The van der Waals surface area contributed by atoms with E-state index in [0.717, 1.165) is 38.4 Å². The van der Waals surface area contributed by atoms with E-state index in [1.807, 2.05) is 6.92 Å². The van der Waals surface area contributed by atoms with Gasteiger partial charge >= 0.3 is 6.61 Å². The molecule has 3 rings (SSSR count). The SMILES string of the molecule is CCCOc1ccc(CNC(=NC)NC2CCN(C3CC3)CC2)c(OC(F)F)c1. The number of likely N-dealkylation sites (tertiary alicyclic amines) is 1. The van der Waals surface area contributed by atoms with Gasteiger partial charge in [0, 0.05) is 50.4 Å². The zero-order valence-corrected chi connectivity index (χ0v) is 17.3. The number of piperidine rings is 1. The summed E-state index contributed by atoms with van der Waals surface area (Å²) >= 11 is 0. The minimum absolute atomic E-state index is 0.120. The Morgan fingerprint density at radius 1 is 1.24 bits per heavy atom. The lowest BCUT2D eigenvalue weighted by Gasteiger charge is -2.33. The summed E-state index contributed by atoms with van der Waals surface area (Å²) in [6.45, 7) is 2.20. The van der Waals surface area contributed by atoms with Crippen molar-refractivity contribution >= 4 is 5.96 Å². The number of alkyl halides is 2. The molecule has 2 fully saturated rings. The molecule has 162 valence electrons. The fourth-order valence-electron chi connectivity index (χ4n) is 3.61. The van der Waals surface area contributed by atoms with Crippen molar-refractivity contribution in [2.75, 3.05) is 26.7 Å². The van der Waals surface area contributed by atoms with Crippen LogP contribution in [0, 0.1) is 0 Å². The van der Waals surface area contributed by atoms with Gasteiger partial charge in [-0.05, 0) is 44.2 Å². The molecule has 0 atom stereocenters. The molecular weight excluding hydrogens is 378 g/mol. The normalized spacial score (nSPS) is 18.7. The largest absolute Gasteiger partial charge is 0.493 e. The van der Waals surface area contributed by atoms with Crippen molar-refractivity contribution in [2.45, 2.75) is 64.3 Å². The molecule has 1 aliphatic heterocycles. The van der Waals surface area contributed by atoms with Gasteiger partial charge in [-0.2, -0.15) is 8.78 Å². The summed E-state index contributed by atoms with van der Waals surface area (Å²) in [5.74, 6) is 1.31. The predicted octanol–water partition coefficient (Wildman–Crippen LogP) is 3.37. The maximum Gasteiger partial charge on any atom is 0.387 e. The summed E-state index contributed by atoms with van der Waals surface area (Å²) in [4.78, 5) is 6.85. The Labute approximate surface area is 171 Å². The van der Waals surface area contributed by atoms with Crippen molar-refractivity contribution in [3.05, 3.63) is 23.8 Å². The topological polar surface area (TPSA) is 58.1 Å². The second kappa shape index (κ2) is 10.6. The van der Waals surface area contributed by atoms with E-state index in [4.69, 9.17) is 9.47 Å². The average Bonchev–Trinajstić information content (AvgIpc) is 3.56. The molecule has 0 spiro atoms. The van der Waals surface area contributed by atoms with Crippen LogP contribution in [0.25, 0.3) is 0 Å². The molecule has 1 heterocycles. The highest BCUT2D eigenvalue weighted by Crippen LogP contribution is 2.29. The zero-order chi connectivity index (χ0) is 20.6. The molecule has 1 aromatic rings. The minimum atomic E-state index is -2.88. The molecule has 0 amide bonds. The summed E-state index contributed by atoms with van der Waals surface area (Å²) in [6.07, 6.45) is 5.69. The van der Waals surface area contributed by atoms with Crippen LogP contribution in [-0.4, -0.2) is 56.3 Å². The first kappa shape index (κ1) is 21.6. The monoisotopic (exact) mass is 410 g/mol. The molecule has 0 bridgehead atoms. The van der Waals surface area contributed by atoms with Crippen molar-refractivity contribution in [1.82, 2.24) is 15.5 Å². The van der Waals surface area contributed by atoms with Crippen LogP contribution in [0.4, 0.5) is 8.78 Å². The molecule has 0 unspecified atom stereocenters. The summed E-state index contributed by atoms with van der Waals surface area (Å²) in [7, 11) is 1.72. The summed E-state index contributed by atoms with van der Waals surface area (Å²) in [6, 6.07) is 6.22. The Balaban J connectivity index is 1.53. The van der Waals surface area contributed by atoms with Gasteiger partial charge in [-0.25, -0.2) is 0 Å². The molecule has 0 radical (unpaired) electrons. The van der Waals surface area contributed by atoms with Crippen LogP contribution < -0.4 is 20.1 Å². The second-order valence-electron chi connectivity index (χ2n) is 7.61. The molecule has 1 saturated heterocycles. The molecule has 1 saturated carbocycles. The van der Waals surface area contributed by atoms with Crippen LogP contribution in [0.3, 0.4) is 0 Å². The number of hydrogen-bond donors (Lipinski definition) is 2. The Morgan fingerprint density at radius 2 is 2.00 bits per heavy atom. The number of nitrogens with one attached hydrogen (secondary N) is 2. The zero-order valence-electron chi connectivity index (χ0n) is 17.3. The minimum Gasteiger partial charge on any atom is -0.493 e. The molecule has 1 aliphatic carbocycles. The van der Waals surface area contributed by atoms with E-state index >= 15 is 0 Å². The Bertz CT molecular complexity index is 675. The first-order valence-electron chi connectivity index (χ1n) is 10.5. The molecule has 2 N–H and O–H groups in total. The van der Waals surface area contributed by atoms with Crippen molar-refractivity contribution in [3.63, 3.8) is 0 Å². The number of hydrogen-bond acceptors (Lipinski definition) is 4. The van der Waals surface area contributed by atoms with Gasteiger partial charge < -0.3 is 25.0 Å². The Hall–Kier alpha value is -2.09. The smallest absolute Gasteiger partial charge is 0.387 e. The van der Waals surface area contributed by atoms with Gasteiger partial charge in [0.15, 0.2) is 5.96 Å². The maximum absolute atomic E-state index is 12.8. The van der Waals surface area contributed by atoms with Gasteiger partial charge in [0.25, 0.3) is 0 Å². The van der Waals surface area contributed by atoms with Gasteiger partial charge in [0.2, 0.25) is 0 Å². The second-order valence-corrected chi connectivity index (χ2v) is 7.61. The van der Waals surface area contributed by atoms with E-state index in [-0.39, 0.29) is 5.75 Å². The lowest BCUT2D eigenvalue weighted by Crippen LogP contribution is -2.48. The third-order valence-electron chi connectivity index (χ3n) is 5.33. The molecule has 6 nitrogen and oxygen atoms in total. The van der Waals surface area contributed by atoms with E-state index in [1.165, 1.54) is 18.9 Å². The molecule has 0 aromatic heterocycles. The number of guanidine groups is 1. The first-order chi connectivity index (χ1) is 14.1. The van der Waals surface area contributed by atoms with Crippen molar-refractivity contribution in [3.8, 4) is 11.5 Å². The Morgan fingerprint density at radius 3 is 2.62 bits per heavy atom. The van der Waals surface area contributed by atoms with Gasteiger partial charge in [-0.1, -0.05) is 6.92 Å². The van der Waals surface area contributed by atoms with Gasteiger partial charge in [-0.15, -0.1) is 0 Å². The van der Waals surface area contributed by atoms with Crippen LogP contribution >= 0.6 is 0 Å². The van der Waals surface area contributed by atoms with E-state index in [0.29, 0.717) is 36.5 Å². The number of aliphatic imine (C=N–C) groups is 1. The van der Waals surface area contributed by atoms with Crippen molar-refractivity contribution < 1.29 is 18.3 Å². The molecule has 2 aliphatic rings. The van der Waals surface area contributed by atoms with Crippen LogP contribution in [0.5, 0.6) is 11.5 Å². The first-order valence-corrected chi connectivity index (χ1v) is 10.5.